The Morgan fingerprint density at radius 1 is 0.871 bits per heavy atom. The zero-order chi connectivity index (χ0) is 21.8. The van der Waals surface area contributed by atoms with Crippen LogP contribution in [-0.4, -0.2) is 84.6 Å². The number of nitrogens with zero attached hydrogens (tertiary/aromatic N) is 6. The van der Waals surface area contributed by atoms with Gasteiger partial charge in [-0.15, -0.1) is 0 Å². The van der Waals surface area contributed by atoms with Crippen LogP contribution in [0.1, 0.15) is 5.69 Å². The molecule has 0 aliphatic carbocycles. The number of carbonyl (C=O) groups excluding carboxylic acids is 1. The minimum Gasteiger partial charge on any atom is -0.368 e. The molecule has 0 bridgehead atoms. The highest BCUT2D eigenvalue weighted by molar-refractivity contribution is 5.78. The van der Waals surface area contributed by atoms with Gasteiger partial charge in [0.25, 0.3) is 0 Å². The van der Waals surface area contributed by atoms with E-state index in [1.54, 1.807) is 4.90 Å². The van der Waals surface area contributed by atoms with Crippen LogP contribution in [0.2, 0.25) is 0 Å². The number of hydrogen-bond acceptors (Lipinski definition) is 6. The van der Waals surface area contributed by atoms with Crippen molar-refractivity contribution in [2.45, 2.75) is 6.18 Å². The van der Waals surface area contributed by atoms with E-state index in [0.717, 1.165) is 25.4 Å². The Balaban J connectivity index is 1.24. The van der Waals surface area contributed by atoms with E-state index in [0.29, 0.717) is 45.8 Å². The number of benzene rings is 1. The van der Waals surface area contributed by atoms with E-state index in [4.69, 9.17) is 0 Å². The van der Waals surface area contributed by atoms with Crippen molar-refractivity contribution in [3.05, 3.63) is 48.3 Å². The number of para-hydroxylation sites is 1. The number of anilines is 2. The molecule has 4 rings (SSSR count). The second-order valence-electron chi connectivity index (χ2n) is 7.71. The fraction of sp³-hybridized carbons (Fsp3) is 0.476. The predicted octanol–water partition coefficient (Wildman–Crippen LogP) is 1.97. The number of alkyl halides is 3. The van der Waals surface area contributed by atoms with Gasteiger partial charge in [-0.05, 0) is 18.2 Å². The van der Waals surface area contributed by atoms with Gasteiger partial charge < -0.3 is 14.7 Å². The summed E-state index contributed by atoms with van der Waals surface area (Å²) >= 11 is 0. The number of piperazine rings is 2. The highest BCUT2D eigenvalue weighted by Crippen LogP contribution is 2.28. The molecule has 1 amide bonds. The Labute approximate surface area is 179 Å². The molecule has 2 aliphatic rings. The van der Waals surface area contributed by atoms with Crippen LogP contribution in [-0.2, 0) is 11.0 Å². The predicted molar refractivity (Wildman–Crippen MR) is 111 cm³/mol. The molecule has 0 radical (unpaired) electrons. The fourth-order valence-electron chi connectivity index (χ4n) is 3.91. The molecular formula is C21H25F3N6O. The Hall–Kier alpha value is -2.88. The summed E-state index contributed by atoms with van der Waals surface area (Å²) in [5, 5.41) is 0. The molecule has 0 saturated carbocycles. The van der Waals surface area contributed by atoms with E-state index >= 15 is 0 Å². The summed E-state index contributed by atoms with van der Waals surface area (Å²) < 4.78 is 38.6. The first-order chi connectivity index (χ1) is 14.9. The van der Waals surface area contributed by atoms with E-state index in [1.165, 1.54) is 5.69 Å². The summed E-state index contributed by atoms with van der Waals surface area (Å²) in [5.41, 5.74) is 0.229. The average Bonchev–Trinajstić information content (AvgIpc) is 2.80. The molecule has 2 aromatic rings. The molecule has 1 aromatic carbocycles. The fourth-order valence-corrected chi connectivity index (χ4v) is 3.91. The summed E-state index contributed by atoms with van der Waals surface area (Å²) in [6.07, 6.45) is -3.35. The van der Waals surface area contributed by atoms with Crippen molar-refractivity contribution >= 4 is 17.5 Å². The molecule has 2 saturated heterocycles. The van der Waals surface area contributed by atoms with Crippen LogP contribution in [0.5, 0.6) is 0 Å². The van der Waals surface area contributed by atoms with Gasteiger partial charge in [-0.1, -0.05) is 18.2 Å². The maximum atomic E-state index is 12.9. The number of aromatic nitrogens is 2. The third-order valence-corrected chi connectivity index (χ3v) is 5.70. The van der Waals surface area contributed by atoms with Gasteiger partial charge in [0, 0.05) is 64.2 Å². The third-order valence-electron chi connectivity index (χ3n) is 5.70. The molecule has 0 atom stereocenters. The lowest BCUT2D eigenvalue weighted by Gasteiger charge is -2.38. The highest BCUT2D eigenvalue weighted by Gasteiger charge is 2.33. The Morgan fingerprint density at radius 2 is 1.52 bits per heavy atom. The lowest BCUT2D eigenvalue weighted by atomic mass is 10.2. The van der Waals surface area contributed by atoms with Crippen LogP contribution in [0.4, 0.5) is 24.8 Å². The molecule has 10 heteroatoms. The molecule has 0 N–H and O–H groups in total. The van der Waals surface area contributed by atoms with Crippen molar-refractivity contribution in [3.8, 4) is 0 Å². The van der Waals surface area contributed by atoms with Crippen molar-refractivity contribution in [1.29, 1.82) is 0 Å². The summed E-state index contributed by atoms with van der Waals surface area (Å²) in [7, 11) is 0. The van der Waals surface area contributed by atoms with Crippen molar-refractivity contribution < 1.29 is 18.0 Å². The van der Waals surface area contributed by atoms with Gasteiger partial charge in [-0.25, -0.2) is 9.97 Å². The molecule has 31 heavy (non-hydrogen) atoms. The van der Waals surface area contributed by atoms with Crippen LogP contribution in [0, 0.1) is 0 Å². The maximum absolute atomic E-state index is 12.9. The minimum absolute atomic E-state index is 0.0813. The highest BCUT2D eigenvalue weighted by atomic mass is 19.4. The Bertz CT molecular complexity index is 878. The first-order valence-electron chi connectivity index (χ1n) is 10.4. The van der Waals surface area contributed by atoms with Gasteiger partial charge in [-0.2, -0.15) is 13.2 Å². The van der Waals surface area contributed by atoms with Crippen LogP contribution in [0.25, 0.3) is 0 Å². The molecular weight excluding hydrogens is 409 g/mol. The molecule has 3 heterocycles. The monoisotopic (exact) mass is 434 g/mol. The standard InChI is InChI=1S/C21H25F3N6O/c22-21(23,24)18-6-7-25-20(26-18)30-10-8-27(9-11-30)16-19(31)29-14-12-28(13-15-29)17-4-2-1-3-5-17/h1-7H,8-16H2. The summed E-state index contributed by atoms with van der Waals surface area (Å²) in [6, 6.07) is 11.0. The third kappa shape index (κ3) is 5.25. The van der Waals surface area contributed by atoms with Gasteiger partial charge in [-0.3, -0.25) is 9.69 Å². The number of carbonyl (C=O) groups is 1. The summed E-state index contributed by atoms with van der Waals surface area (Å²) in [6.45, 7) is 5.42. The lowest BCUT2D eigenvalue weighted by Crippen LogP contribution is -2.54. The minimum atomic E-state index is -4.49. The van der Waals surface area contributed by atoms with E-state index in [2.05, 4.69) is 27.0 Å². The van der Waals surface area contributed by atoms with Crippen molar-refractivity contribution in [3.63, 3.8) is 0 Å². The molecule has 166 valence electrons. The van der Waals surface area contributed by atoms with Crippen LogP contribution < -0.4 is 9.80 Å². The second-order valence-corrected chi connectivity index (χ2v) is 7.71. The summed E-state index contributed by atoms with van der Waals surface area (Å²) in [4.78, 5) is 28.3. The maximum Gasteiger partial charge on any atom is 0.433 e. The SMILES string of the molecule is O=C(CN1CCN(c2nccc(C(F)(F)F)n2)CC1)N1CCN(c2ccccc2)CC1. The second kappa shape index (κ2) is 9.09. The van der Waals surface area contributed by atoms with E-state index in [9.17, 15) is 18.0 Å². The van der Waals surface area contributed by atoms with Gasteiger partial charge in [0.15, 0.2) is 0 Å². The Kier molecular flexibility index (Phi) is 6.26. The van der Waals surface area contributed by atoms with Crippen LogP contribution in [0.15, 0.2) is 42.6 Å². The van der Waals surface area contributed by atoms with Crippen LogP contribution in [0.3, 0.4) is 0 Å². The molecule has 0 unspecified atom stereocenters. The van der Waals surface area contributed by atoms with E-state index in [-0.39, 0.29) is 11.9 Å². The van der Waals surface area contributed by atoms with Gasteiger partial charge >= 0.3 is 6.18 Å². The first-order valence-corrected chi connectivity index (χ1v) is 10.4. The lowest BCUT2D eigenvalue weighted by molar-refractivity contribution is -0.141. The van der Waals surface area contributed by atoms with Crippen molar-refractivity contribution in [2.24, 2.45) is 0 Å². The molecule has 2 aliphatic heterocycles. The Morgan fingerprint density at radius 3 is 2.16 bits per heavy atom. The summed E-state index contributed by atoms with van der Waals surface area (Å²) in [5.74, 6) is 0.175. The quantitative estimate of drug-likeness (QED) is 0.734. The topological polar surface area (TPSA) is 55.8 Å². The number of halogens is 3. The normalized spacial score (nSPS) is 18.4. The zero-order valence-corrected chi connectivity index (χ0v) is 17.1. The van der Waals surface area contributed by atoms with E-state index < -0.39 is 11.9 Å². The van der Waals surface area contributed by atoms with Crippen molar-refractivity contribution in [1.82, 2.24) is 19.8 Å². The number of amides is 1. The first kappa shape index (κ1) is 21.4. The van der Waals surface area contributed by atoms with Crippen molar-refractivity contribution in [2.75, 3.05) is 68.7 Å². The van der Waals surface area contributed by atoms with Crippen LogP contribution >= 0.6 is 0 Å². The van der Waals surface area contributed by atoms with Gasteiger partial charge in [0.1, 0.15) is 5.69 Å². The average molecular weight is 434 g/mol. The molecule has 0 spiro atoms. The number of hydrogen-bond donors (Lipinski definition) is 0. The molecule has 1 aromatic heterocycles. The molecule has 2 fully saturated rings. The van der Waals surface area contributed by atoms with Gasteiger partial charge in [0.05, 0.1) is 6.54 Å². The number of rotatable bonds is 4. The largest absolute Gasteiger partial charge is 0.433 e. The smallest absolute Gasteiger partial charge is 0.368 e. The van der Waals surface area contributed by atoms with Gasteiger partial charge in [0.2, 0.25) is 11.9 Å². The molecule has 7 nitrogen and oxygen atoms in total. The van der Waals surface area contributed by atoms with E-state index in [1.807, 2.05) is 28.0 Å². The zero-order valence-electron chi connectivity index (χ0n) is 17.1.